The van der Waals surface area contributed by atoms with E-state index in [-0.39, 0.29) is 12.6 Å². The maximum Gasteiger partial charge on any atom is 0.124 e. The van der Waals surface area contributed by atoms with Gasteiger partial charge in [0, 0.05) is 5.56 Å². The average molecular weight is 263 g/mol. The van der Waals surface area contributed by atoms with Gasteiger partial charge < -0.3 is 9.84 Å². The highest BCUT2D eigenvalue weighted by molar-refractivity contribution is 5.43. The van der Waals surface area contributed by atoms with Crippen molar-refractivity contribution in [2.24, 2.45) is 0 Å². The Morgan fingerprint density at radius 1 is 1.16 bits per heavy atom. The number of nitrogens with zero attached hydrogens (tertiary/aromatic N) is 1. The first-order chi connectivity index (χ1) is 9.17. The summed E-state index contributed by atoms with van der Waals surface area (Å²) >= 11 is 0. The van der Waals surface area contributed by atoms with E-state index in [1.54, 1.807) is 7.11 Å². The van der Waals surface area contributed by atoms with Crippen molar-refractivity contribution in [3.05, 3.63) is 28.8 Å². The molecule has 1 aliphatic rings. The fourth-order valence-electron chi connectivity index (χ4n) is 2.89. The molecular weight excluding hydrogens is 238 g/mol. The van der Waals surface area contributed by atoms with E-state index in [0.29, 0.717) is 0 Å². The second-order valence-corrected chi connectivity index (χ2v) is 5.47. The number of ether oxygens (including phenoxy) is 1. The number of hydrogen-bond donors (Lipinski definition) is 1. The van der Waals surface area contributed by atoms with E-state index in [1.807, 2.05) is 0 Å². The van der Waals surface area contributed by atoms with Crippen molar-refractivity contribution in [2.75, 3.05) is 26.8 Å². The molecule has 19 heavy (non-hydrogen) atoms. The second-order valence-electron chi connectivity index (χ2n) is 5.47. The molecule has 0 aliphatic carbocycles. The number of piperidine rings is 1. The van der Waals surface area contributed by atoms with Crippen LogP contribution in [0.3, 0.4) is 0 Å². The summed E-state index contributed by atoms with van der Waals surface area (Å²) in [4.78, 5) is 2.39. The summed E-state index contributed by atoms with van der Waals surface area (Å²) in [5.74, 6) is 0.896. The Balaban J connectivity index is 2.33. The monoisotopic (exact) mass is 263 g/mol. The van der Waals surface area contributed by atoms with Crippen LogP contribution in [0.5, 0.6) is 5.75 Å². The van der Waals surface area contributed by atoms with Crippen LogP contribution in [0.15, 0.2) is 12.1 Å². The van der Waals surface area contributed by atoms with Crippen molar-refractivity contribution in [3.8, 4) is 5.75 Å². The lowest BCUT2D eigenvalue weighted by molar-refractivity contribution is 0.102. The molecule has 1 aromatic carbocycles. The van der Waals surface area contributed by atoms with Crippen LogP contribution in [0, 0.1) is 13.8 Å². The van der Waals surface area contributed by atoms with Crippen LogP contribution in [0.2, 0.25) is 0 Å². The Morgan fingerprint density at radius 2 is 1.79 bits per heavy atom. The van der Waals surface area contributed by atoms with Crippen molar-refractivity contribution >= 4 is 0 Å². The van der Waals surface area contributed by atoms with Gasteiger partial charge in [0.25, 0.3) is 0 Å². The Morgan fingerprint density at radius 3 is 2.37 bits per heavy atom. The van der Waals surface area contributed by atoms with Crippen molar-refractivity contribution in [1.82, 2.24) is 4.90 Å². The Hall–Kier alpha value is -1.06. The summed E-state index contributed by atoms with van der Waals surface area (Å²) in [6, 6.07) is 4.32. The van der Waals surface area contributed by atoms with Crippen LogP contribution in [-0.2, 0) is 0 Å². The minimum atomic E-state index is 0.0644. The number of benzene rings is 1. The Kier molecular flexibility index (Phi) is 4.83. The van der Waals surface area contributed by atoms with Crippen molar-refractivity contribution in [1.29, 1.82) is 0 Å². The Bertz CT molecular complexity index is 425. The standard InChI is InChI=1S/C16H25NO2/c1-12-9-14(16(19-3)10-13(12)2)15(11-18)17-7-5-4-6-8-17/h9-10,15,18H,4-8,11H2,1-3H3. The first-order valence-corrected chi connectivity index (χ1v) is 7.17. The van der Waals surface area contributed by atoms with E-state index in [9.17, 15) is 5.11 Å². The zero-order valence-corrected chi connectivity index (χ0v) is 12.3. The summed E-state index contributed by atoms with van der Waals surface area (Å²) in [6.45, 7) is 6.50. The van der Waals surface area contributed by atoms with Crippen molar-refractivity contribution < 1.29 is 9.84 Å². The predicted molar refractivity (Wildman–Crippen MR) is 77.7 cm³/mol. The highest BCUT2D eigenvalue weighted by Gasteiger charge is 2.24. The highest BCUT2D eigenvalue weighted by Crippen LogP contribution is 2.33. The van der Waals surface area contributed by atoms with Crippen LogP contribution in [0.4, 0.5) is 0 Å². The number of hydrogen-bond acceptors (Lipinski definition) is 3. The number of aliphatic hydroxyl groups is 1. The fourth-order valence-corrected chi connectivity index (χ4v) is 2.89. The summed E-state index contributed by atoms with van der Waals surface area (Å²) in [6.07, 6.45) is 3.76. The normalized spacial score (nSPS) is 18.3. The van der Waals surface area contributed by atoms with Crippen LogP contribution in [0.25, 0.3) is 0 Å². The molecule has 106 valence electrons. The minimum absolute atomic E-state index is 0.0644. The van der Waals surface area contributed by atoms with Gasteiger partial charge in [-0.2, -0.15) is 0 Å². The molecule has 1 aromatic rings. The average Bonchev–Trinajstić information content (AvgIpc) is 2.44. The lowest BCUT2D eigenvalue weighted by Gasteiger charge is -2.34. The second kappa shape index (κ2) is 6.40. The molecule has 1 fully saturated rings. The zero-order valence-electron chi connectivity index (χ0n) is 12.3. The lowest BCUT2D eigenvalue weighted by Crippen LogP contribution is -2.35. The third-order valence-corrected chi connectivity index (χ3v) is 4.21. The van der Waals surface area contributed by atoms with Crippen LogP contribution in [0.1, 0.15) is 42.0 Å². The molecule has 3 nitrogen and oxygen atoms in total. The van der Waals surface area contributed by atoms with E-state index >= 15 is 0 Å². The molecule has 3 heteroatoms. The van der Waals surface area contributed by atoms with Crippen LogP contribution in [-0.4, -0.2) is 36.8 Å². The molecule has 1 saturated heterocycles. The third kappa shape index (κ3) is 3.10. The van der Waals surface area contributed by atoms with E-state index in [4.69, 9.17) is 4.74 Å². The van der Waals surface area contributed by atoms with Gasteiger partial charge in [-0.3, -0.25) is 4.90 Å². The quantitative estimate of drug-likeness (QED) is 0.906. The number of aryl methyl sites for hydroxylation is 2. The predicted octanol–water partition coefficient (Wildman–Crippen LogP) is 2.83. The topological polar surface area (TPSA) is 32.7 Å². The third-order valence-electron chi connectivity index (χ3n) is 4.21. The van der Waals surface area contributed by atoms with Crippen LogP contribution < -0.4 is 4.74 Å². The number of aliphatic hydroxyl groups excluding tert-OH is 1. The molecule has 0 amide bonds. The van der Waals surface area contributed by atoms with E-state index in [2.05, 4.69) is 30.9 Å². The molecule has 0 radical (unpaired) electrons. The van der Waals surface area contributed by atoms with Crippen molar-refractivity contribution in [3.63, 3.8) is 0 Å². The van der Waals surface area contributed by atoms with Gasteiger partial charge in [0.15, 0.2) is 0 Å². The smallest absolute Gasteiger partial charge is 0.124 e. The molecule has 0 bridgehead atoms. The number of rotatable bonds is 4. The molecule has 1 N–H and O–H groups in total. The van der Waals surface area contributed by atoms with Gasteiger partial charge in [-0.05, 0) is 57.0 Å². The first-order valence-electron chi connectivity index (χ1n) is 7.17. The SMILES string of the molecule is COc1cc(C)c(C)cc1C(CO)N1CCCCC1. The van der Waals surface area contributed by atoms with E-state index in [0.717, 1.165) is 24.4 Å². The minimum Gasteiger partial charge on any atom is -0.496 e. The summed E-state index contributed by atoms with van der Waals surface area (Å²) in [7, 11) is 1.71. The maximum atomic E-state index is 9.81. The molecule has 0 saturated carbocycles. The molecular formula is C16H25NO2. The summed E-state index contributed by atoms with van der Waals surface area (Å²) in [5.41, 5.74) is 3.61. The van der Waals surface area contributed by atoms with Gasteiger partial charge in [0.2, 0.25) is 0 Å². The van der Waals surface area contributed by atoms with Gasteiger partial charge in [0.05, 0.1) is 19.8 Å². The van der Waals surface area contributed by atoms with Gasteiger partial charge in [-0.1, -0.05) is 12.5 Å². The van der Waals surface area contributed by atoms with Crippen LogP contribution >= 0.6 is 0 Å². The van der Waals surface area contributed by atoms with E-state index in [1.165, 1.54) is 30.4 Å². The fraction of sp³-hybridized carbons (Fsp3) is 0.625. The number of methoxy groups -OCH3 is 1. The van der Waals surface area contributed by atoms with Gasteiger partial charge in [-0.25, -0.2) is 0 Å². The molecule has 1 aliphatic heterocycles. The Labute approximate surface area is 116 Å². The lowest BCUT2D eigenvalue weighted by atomic mass is 9.97. The summed E-state index contributed by atoms with van der Waals surface area (Å²) < 4.78 is 5.52. The van der Waals surface area contributed by atoms with Gasteiger partial charge >= 0.3 is 0 Å². The summed E-state index contributed by atoms with van der Waals surface area (Å²) in [5, 5.41) is 9.81. The highest BCUT2D eigenvalue weighted by atomic mass is 16.5. The maximum absolute atomic E-state index is 9.81. The zero-order chi connectivity index (χ0) is 13.8. The molecule has 0 aromatic heterocycles. The molecule has 1 unspecified atom stereocenters. The molecule has 1 atom stereocenters. The number of likely N-dealkylation sites (tertiary alicyclic amines) is 1. The first kappa shape index (κ1) is 14.4. The van der Waals surface area contributed by atoms with Gasteiger partial charge in [-0.15, -0.1) is 0 Å². The molecule has 2 rings (SSSR count). The molecule has 1 heterocycles. The van der Waals surface area contributed by atoms with Gasteiger partial charge in [0.1, 0.15) is 5.75 Å². The van der Waals surface area contributed by atoms with Crippen molar-refractivity contribution in [2.45, 2.75) is 39.2 Å². The molecule has 0 spiro atoms. The largest absolute Gasteiger partial charge is 0.496 e. The van der Waals surface area contributed by atoms with E-state index < -0.39 is 0 Å².